The number of rotatable bonds is 0. The van der Waals surface area contributed by atoms with E-state index < -0.39 is 0 Å². The normalized spacial score (nSPS) is 4.40. The van der Waals surface area contributed by atoms with Crippen molar-refractivity contribution >= 4 is 0 Å². The third kappa shape index (κ3) is 2940. The Morgan fingerprint density at radius 2 is 1.10 bits per heavy atom. The third-order valence-electron chi connectivity index (χ3n) is 0. The molecule has 0 heterocycles. The first-order valence-electron chi connectivity index (χ1n) is 3.25. The molecule has 0 saturated heterocycles. The van der Waals surface area contributed by atoms with Crippen LogP contribution in [0.15, 0.2) is 0 Å². The second-order valence-electron chi connectivity index (χ2n) is 0.632. The molecule has 0 atom stereocenters. The molecule has 0 unspecified atom stereocenters. The van der Waals surface area contributed by atoms with Crippen LogP contribution in [-0.4, -0.2) is 23.4 Å². The van der Waals surface area contributed by atoms with E-state index in [0.29, 0.717) is 0 Å². The fraction of sp³-hybridized carbons (Fsp3) is 0.857. The number of aliphatic hydroxyl groups excluding tert-OH is 2. The van der Waals surface area contributed by atoms with Crippen LogP contribution in [-0.2, 0) is 4.65 Å². The summed E-state index contributed by atoms with van der Waals surface area (Å²) in [6.45, 7) is 12.4. The van der Waals surface area contributed by atoms with Gasteiger partial charge in [-0.2, -0.15) is 0 Å². The van der Waals surface area contributed by atoms with Crippen LogP contribution in [0.5, 0.6) is 0 Å². The van der Waals surface area contributed by atoms with Gasteiger partial charge < -0.3 is 10.2 Å². The van der Waals surface area contributed by atoms with Crippen LogP contribution in [0.3, 0.4) is 0 Å². The molecule has 10 heavy (non-hydrogen) atoms. The zero-order chi connectivity index (χ0) is 9.41. The van der Waals surface area contributed by atoms with Gasteiger partial charge in [0.15, 0.2) is 0 Å². The summed E-state index contributed by atoms with van der Waals surface area (Å²) in [5.74, 6) is 0. The quantitative estimate of drug-likeness (QED) is 0.405. The predicted molar refractivity (Wildman–Crippen MR) is 42.9 cm³/mol. The Hall–Kier alpha value is -0.340. The molecular weight excluding hydrogens is 132 g/mol. The van der Waals surface area contributed by atoms with Gasteiger partial charge in [-0.3, -0.25) is 0 Å². The minimum absolute atomic E-state index is 0. The maximum Gasteiger partial charge on any atom is 0 e. The van der Waals surface area contributed by atoms with Gasteiger partial charge in [-0.25, -0.2) is 0 Å². The molecule has 0 aromatic carbocycles. The van der Waals surface area contributed by atoms with Crippen molar-refractivity contribution in [2.24, 2.45) is 0 Å². The molecule has 0 aliphatic heterocycles. The van der Waals surface area contributed by atoms with Gasteiger partial charge in [0.2, 0.25) is 0 Å². The smallest absolute Gasteiger partial charge is 0 e. The summed E-state index contributed by atoms with van der Waals surface area (Å²) in [6, 6.07) is 0. The van der Waals surface area contributed by atoms with Crippen LogP contribution in [0.2, 0.25) is 0 Å². The fourth-order valence-corrected chi connectivity index (χ4v) is 0. The summed E-state index contributed by atoms with van der Waals surface area (Å²) < 4.78 is 7.50. The molecule has 0 saturated carbocycles. The Balaban J connectivity index is -0.0000000144. The SMILES string of the molecule is CC.CCO.CCO.[C-]#[O+].[HH]. The molecule has 0 rings (SSSR count). The molecule has 0 aromatic rings. The number of aliphatic hydroxyl groups is 2. The predicted octanol–water partition coefficient (Wildman–Crippen LogP) is 1.23. The first-order valence-corrected chi connectivity index (χ1v) is 3.25. The summed E-state index contributed by atoms with van der Waals surface area (Å²) in [5.41, 5.74) is 0. The molecular formula is C7H20O3. The van der Waals surface area contributed by atoms with E-state index in [4.69, 9.17) is 14.9 Å². The minimum Gasteiger partial charge on any atom is 0 e. The Morgan fingerprint density at radius 3 is 1.10 bits per heavy atom. The van der Waals surface area contributed by atoms with Gasteiger partial charge in [0.1, 0.15) is 0 Å². The van der Waals surface area contributed by atoms with Crippen molar-refractivity contribution in [1.82, 2.24) is 0 Å². The van der Waals surface area contributed by atoms with E-state index >= 15 is 0 Å². The van der Waals surface area contributed by atoms with E-state index in [-0.39, 0.29) is 14.6 Å². The molecule has 3 heteroatoms. The van der Waals surface area contributed by atoms with Gasteiger partial charge in [0.05, 0.1) is 0 Å². The van der Waals surface area contributed by atoms with Crippen LogP contribution in [0.25, 0.3) is 0 Å². The van der Waals surface area contributed by atoms with Crippen LogP contribution >= 0.6 is 0 Å². The Labute approximate surface area is 64.9 Å². The van der Waals surface area contributed by atoms with E-state index in [1.54, 1.807) is 13.8 Å². The molecule has 0 fully saturated rings. The van der Waals surface area contributed by atoms with Crippen molar-refractivity contribution in [3.8, 4) is 0 Å². The van der Waals surface area contributed by atoms with Crippen molar-refractivity contribution in [3.63, 3.8) is 0 Å². The largest absolute Gasteiger partial charge is 0 e. The maximum absolute atomic E-state index is 7.57. The summed E-state index contributed by atoms with van der Waals surface area (Å²) in [6.07, 6.45) is 0. The summed E-state index contributed by atoms with van der Waals surface area (Å²) in [7, 11) is 0. The summed E-state index contributed by atoms with van der Waals surface area (Å²) in [4.78, 5) is 0. The van der Waals surface area contributed by atoms with E-state index in [1.807, 2.05) is 13.8 Å². The fourth-order valence-electron chi connectivity index (χ4n) is 0. The van der Waals surface area contributed by atoms with Crippen LogP contribution in [0.1, 0.15) is 29.1 Å². The molecule has 0 amide bonds. The second-order valence-corrected chi connectivity index (χ2v) is 0.632. The van der Waals surface area contributed by atoms with E-state index in [9.17, 15) is 0 Å². The molecule has 2 N–H and O–H groups in total. The van der Waals surface area contributed by atoms with E-state index in [0.717, 1.165) is 0 Å². The second kappa shape index (κ2) is 184. The van der Waals surface area contributed by atoms with Gasteiger partial charge in [-0.05, 0) is 13.8 Å². The standard InChI is InChI=1S/2C2H6O.C2H6.CO.H2/c2*1-2-3;2*1-2;/h2*3H,2H2,1H3;1-2H3;;1H. The van der Waals surface area contributed by atoms with Crippen molar-refractivity contribution in [1.29, 1.82) is 0 Å². The van der Waals surface area contributed by atoms with Crippen LogP contribution in [0.4, 0.5) is 0 Å². The van der Waals surface area contributed by atoms with Crippen LogP contribution < -0.4 is 0 Å². The van der Waals surface area contributed by atoms with E-state index in [2.05, 4.69) is 6.65 Å². The average molecular weight is 152 g/mol. The van der Waals surface area contributed by atoms with Crippen molar-refractivity contribution in [3.05, 3.63) is 6.65 Å². The van der Waals surface area contributed by atoms with E-state index in [1.165, 1.54) is 0 Å². The van der Waals surface area contributed by atoms with Gasteiger partial charge in [-0.15, -0.1) is 0 Å². The Morgan fingerprint density at radius 1 is 1.10 bits per heavy atom. The molecule has 0 bridgehead atoms. The molecule has 0 aliphatic carbocycles. The molecule has 0 spiro atoms. The monoisotopic (exact) mass is 152 g/mol. The van der Waals surface area contributed by atoms with Crippen LogP contribution in [0, 0.1) is 6.65 Å². The summed E-state index contributed by atoms with van der Waals surface area (Å²) >= 11 is 0. The maximum atomic E-state index is 7.57. The zero-order valence-corrected chi connectivity index (χ0v) is 7.22. The van der Waals surface area contributed by atoms with Gasteiger partial charge in [0.25, 0.3) is 0 Å². The summed E-state index contributed by atoms with van der Waals surface area (Å²) in [5, 5.41) is 15.1. The topological polar surface area (TPSA) is 60.4 Å². The number of hydrogen-bond donors (Lipinski definition) is 2. The third-order valence-corrected chi connectivity index (χ3v) is 0. The van der Waals surface area contributed by atoms with Gasteiger partial charge in [-0.1, -0.05) is 13.8 Å². The molecule has 0 aliphatic rings. The van der Waals surface area contributed by atoms with Gasteiger partial charge >= 0.3 is 11.3 Å². The average Bonchev–Trinajstić information content (AvgIpc) is 1.99. The number of hydrogen-bond acceptors (Lipinski definition) is 2. The Bertz CT molecular complexity index is 30.1. The minimum atomic E-state index is 0. The molecule has 66 valence electrons. The van der Waals surface area contributed by atoms with Crippen molar-refractivity contribution in [2.75, 3.05) is 13.2 Å². The molecule has 3 nitrogen and oxygen atoms in total. The molecule has 0 radical (unpaired) electrons. The Kier molecular flexibility index (Phi) is 417. The first-order chi connectivity index (χ1) is 4.83. The molecule has 0 aromatic heterocycles. The van der Waals surface area contributed by atoms with Crippen molar-refractivity contribution in [2.45, 2.75) is 27.7 Å². The first kappa shape index (κ1) is 22.6. The van der Waals surface area contributed by atoms with Gasteiger partial charge in [0, 0.05) is 14.6 Å². The zero-order valence-electron chi connectivity index (χ0n) is 7.22. The van der Waals surface area contributed by atoms with Crippen molar-refractivity contribution < 1.29 is 16.3 Å².